The van der Waals surface area contributed by atoms with Crippen LogP contribution in [0.25, 0.3) is 0 Å². The van der Waals surface area contributed by atoms with Crippen LogP contribution in [0.2, 0.25) is 0 Å². The van der Waals surface area contributed by atoms with Crippen molar-refractivity contribution in [2.24, 2.45) is 0 Å². The fraction of sp³-hybridized carbons (Fsp3) is 0.329. The summed E-state index contributed by atoms with van der Waals surface area (Å²) in [5.41, 5.74) is 8.29. The van der Waals surface area contributed by atoms with E-state index in [4.69, 9.17) is 66.3 Å². The van der Waals surface area contributed by atoms with E-state index in [1.807, 2.05) is 273 Å². The SMILES string of the molecule is COC[C@H]1O[C@@H](O[C@H]2[C@H](OCc3ccccc3)[C@@H](OCc3ccccc3)[C@@H](O[C@@H]3[C@@H](COCc4ccccc4)N(C(=O)OCc4ccccc4)C[C@H]3OCc3ccccc3)O[C@@H]2COCc2ccccc2)[C@H](OCc2ccccc2)[C@@H](OCc2ccccc2)[C@@H]1OCc1ccccc1. The summed E-state index contributed by atoms with van der Waals surface area (Å²) >= 11 is 0. The Labute approximate surface area is 575 Å². The number of rotatable bonds is 34. The number of benzene rings is 9. The van der Waals surface area contributed by atoms with Crippen molar-refractivity contribution in [3.05, 3.63) is 323 Å². The van der Waals surface area contributed by atoms with Crippen LogP contribution >= 0.6 is 0 Å². The monoisotopic (exact) mass is 1330 g/mol. The minimum Gasteiger partial charge on any atom is -0.445 e. The highest BCUT2D eigenvalue weighted by molar-refractivity contribution is 5.69. The van der Waals surface area contributed by atoms with Gasteiger partial charge in [0.2, 0.25) is 0 Å². The van der Waals surface area contributed by atoms with E-state index in [1.54, 1.807) is 12.0 Å². The Kier molecular flexibility index (Phi) is 26.3. The standard InChI is InChI=1S/C82H87NO15/c1-85-58-71-74(89-51-63-35-17-5-18-36-63)76(90-52-64-37-19-6-20-38-64)78(92-54-66-41-23-8-24-42-66)81(95-71)98-75-72(59-87-49-61-31-13-3-14-32-61)96-80(79(93-55-67-43-25-9-26-44-67)77(75)91-53-65-39-21-7-22-40-65)97-73-69(57-86-48-60-29-11-2-12-30-60)83(82(84)94-56-68-45-27-10-28-46-68)47-70(73)88-50-62-33-15-4-16-34-62/h2-46,69-81H,47-59H2,1H3/t69-,70-,71-,72-,73-,74-,75-,76+,77+,78-,79-,80-,81+/m1/s1. The minimum atomic E-state index is -1.26. The zero-order chi connectivity index (χ0) is 66.8. The van der Waals surface area contributed by atoms with E-state index in [0.717, 1.165) is 50.1 Å². The fourth-order valence-electron chi connectivity index (χ4n) is 12.5. The number of hydrogen-bond acceptors (Lipinski definition) is 15. The van der Waals surface area contributed by atoms with Crippen LogP contribution in [-0.4, -0.2) is 124 Å². The second-order valence-corrected chi connectivity index (χ2v) is 24.6. The fourth-order valence-corrected chi connectivity index (χ4v) is 12.5. The Balaban J connectivity index is 0.959. The van der Waals surface area contributed by atoms with Crippen molar-refractivity contribution in [1.82, 2.24) is 4.90 Å². The van der Waals surface area contributed by atoms with Gasteiger partial charge in [-0.2, -0.15) is 0 Å². The molecule has 3 saturated heterocycles. The number of amides is 1. The zero-order valence-corrected chi connectivity index (χ0v) is 55.2. The lowest BCUT2D eigenvalue weighted by Crippen LogP contribution is -2.67. The Morgan fingerprint density at radius 3 is 1.00 bits per heavy atom. The van der Waals surface area contributed by atoms with Gasteiger partial charge in [-0.15, -0.1) is 0 Å². The zero-order valence-electron chi connectivity index (χ0n) is 55.2. The Morgan fingerprint density at radius 1 is 0.327 bits per heavy atom. The van der Waals surface area contributed by atoms with Crippen LogP contribution in [0.5, 0.6) is 0 Å². The molecular formula is C82H87NO15. The number of methoxy groups -OCH3 is 1. The highest BCUT2D eigenvalue weighted by Crippen LogP contribution is 2.39. The second kappa shape index (κ2) is 37.1. The van der Waals surface area contributed by atoms with Gasteiger partial charge in [-0.05, 0) is 50.1 Å². The lowest BCUT2D eigenvalue weighted by molar-refractivity contribution is -0.382. The molecule has 16 heteroatoms. The highest BCUT2D eigenvalue weighted by atomic mass is 16.8. The summed E-state index contributed by atoms with van der Waals surface area (Å²) in [6, 6.07) is 88.4. The van der Waals surface area contributed by atoms with Crippen LogP contribution in [-0.2, 0) is 126 Å². The van der Waals surface area contributed by atoms with Crippen molar-refractivity contribution in [2.75, 3.05) is 33.5 Å². The van der Waals surface area contributed by atoms with Crippen molar-refractivity contribution < 1.29 is 71.1 Å². The topological polar surface area (TPSA) is 150 Å². The summed E-state index contributed by atoms with van der Waals surface area (Å²) in [7, 11) is 1.64. The summed E-state index contributed by atoms with van der Waals surface area (Å²) in [6.45, 7) is 1.79. The van der Waals surface area contributed by atoms with Crippen molar-refractivity contribution in [2.45, 2.75) is 139 Å². The van der Waals surface area contributed by atoms with E-state index in [0.29, 0.717) is 0 Å². The third-order valence-electron chi connectivity index (χ3n) is 17.6. The van der Waals surface area contributed by atoms with E-state index in [1.165, 1.54) is 0 Å². The van der Waals surface area contributed by atoms with Gasteiger partial charge in [0.15, 0.2) is 12.6 Å². The minimum absolute atomic E-state index is 0.0311. The average molecular weight is 1330 g/mol. The molecule has 0 spiro atoms. The largest absolute Gasteiger partial charge is 0.445 e. The van der Waals surface area contributed by atoms with Crippen LogP contribution < -0.4 is 0 Å². The summed E-state index contributed by atoms with van der Waals surface area (Å²) in [4.78, 5) is 16.6. The molecule has 0 saturated carbocycles. The summed E-state index contributed by atoms with van der Waals surface area (Å²) in [6.07, 6.45) is -12.1. The van der Waals surface area contributed by atoms with Gasteiger partial charge in [0.25, 0.3) is 0 Å². The van der Waals surface area contributed by atoms with Gasteiger partial charge in [-0.3, -0.25) is 4.90 Å². The molecule has 0 N–H and O–H groups in total. The van der Waals surface area contributed by atoms with Crippen molar-refractivity contribution in [1.29, 1.82) is 0 Å². The lowest BCUT2D eigenvalue weighted by Gasteiger charge is -2.50. The third-order valence-corrected chi connectivity index (χ3v) is 17.6. The molecule has 3 aliphatic rings. The van der Waals surface area contributed by atoms with Crippen LogP contribution in [0.3, 0.4) is 0 Å². The second-order valence-electron chi connectivity index (χ2n) is 24.6. The summed E-state index contributed by atoms with van der Waals surface area (Å²) < 4.78 is 98.9. The quantitative estimate of drug-likeness (QED) is 0.0376. The number of carbonyl (C=O) groups is 1. The first kappa shape index (κ1) is 69.6. The molecule has 3 aliphatic heterocycles. The molecule has 98 heavy (non-hydrogen) atoms. The molecule has 510 valence electrons. The van der Waals surface area contributed by atoms with E-state index < -0.39 is 85.8 Å². The molecule has 0 radical (unpaired) electrons. The van der Waals surface area contributed by atoms with Gasteiger partial charge in [-0.1, -0.05) is 273 Å². The van der Waals surface area contributed by atoms with E-state index in [9.17, 15) is 4.79 Å². The summed E-state index contributed by atoms with van der Waals surface area (Å²) in [5, 5.41) is 0. The smallest absolute Gasteiger partial charge is 0.410 e. The predicted molar refractivity (Wildman–Crippen MR) is 368 cm³/mol. The normalized spacial score (nSPS) is 23.9. The molecule has 13 atom stereocenters. The number of hydrogen-bond donors (Lipinski definition) is 0. The third kappa shape index (κ3) is 20.0. The number of likely N-dealkylation sites (tertiary alicyclic amines) is 1. The van der Waals surface area contributed by atoms with Gasteiger partial charge in [0.1, 0.15) is 67.6 Å². The van der Waals surface area contributed by atoms with Gasteiger partial charge in [0.05, 0.1) is 85.3 Å². The van der Waals surface area contributed by atoms with Gasteiger partial charge in [0, 0.05) is 7.11 Å². The maximum Gasteiger partial charge on any atom is 0.410 e. The van der Waals surface area contributed by atoms with E-state index in [-0.39, 0.29) is 85.8 Å². The summed E-state index contributed by atoms with van der Waals surface area (Å²) in [5.74, 6) is 0. The molecule has 0 aromatic heterocycles. The van der Waals surface area contributed by atoms with Gasteiger partial charge in [-0.25, -0.2) is 4.79 Å². The van der Waals surface area contributed by atoms with Crippen molar-refractivity contribution in [3.63, 3.8) is 0 Å². The number of ether oxygens (including phenoxy) is 14. The number of carbonyl (C=O) groups excluding carboxylic acids is 1. The molecule has 16 nitrogen and oxygen atoms in total. The average Bonchev–Trinajstić information content (AvgIpc) is 0.942. The highest BCUT2D eigenvalue weighted by Gasteiger charge is 2.57. The molecule has 3 fully saturated rings. The Bertz CT molecular complexity index is 3670. The van der Waals surface area contributed by atoms with Gasteiger partial charge >= 0.3 is 6.09 Å². The molecule has 9 aromatic carbocycles. The predicted octanol–water partition coefficient (Wildman–Crippen LogP) is 13.8. The first-order valence-corrected chi connectivity index (χ1v) is 33.7. The molecule has 3 heterocycles. The molecule has 0 aliphatic carbocycles. The first-order chi connectivity index (χ1) is 48.5. The van der Waals surface area contributed by atoms with Crippen LogP contribution in [0.4, 0.5) is 4.79 Å². The molecule has 9 aromatic rings. The van der Waals surface area contributed by atoms with Crippen LogP contribution in [0.1, 0.15) is 50.1 Å². The Hall–Kier alpha value is -8.27. The molecule has 0 bridgehead atoms. The van der Waals surface area contributed by atoms with Crippen molar-refractivity contribution >= 4 is 6.09 Å². The number of nitrogens with zero attached hydrogens (tertiary/aromatic N) is 1. The maximum atomic E-state index is 14.9. The van der Waals surface area contributed by atoms with E-state index in [2.05, 4.69) is 0 Å². The van der Waals surface area contributed by atoms with Gasteiger partial charge < -0.3 is 66.3 Å². The van der Waals surface area contributed by atoms with Crippen LogP contribution in [0.15, 0.2) is 273 Å². The van der Waals surface area contributed by atoms with Crippen molar-refractivity contribution in [3.8, 4) is 0 Å². The first-order valence-electron chi connectivity index (χ1n) is 33.7. The van der Waals surface area contributed by atoms with E-state index >= 15 is 0 Å². The molecule has 1 amide bonds. The lowest BCUT2D eigenvalue weighted by atomic mass is 9.95. The molecule has 12 rings (SSSR count). The van der Waals surface area contributed by atoms with Crippen LogP contribution in [0, 0.1) is 0 Å². The molecular weight excluding hydrogens is 1240 g/mol. The Morgan fingerprint density at radius 2 is 0.622 bits per heavy atom. The maximum absolute atomic E-state index is 14.9. The molecule has 0 unspecified atom stereocenters.